The molecular weight excluding hydrogens is 348 g/mol. The second-order valence-electron chi connectivity index (χ2n) is 6.01. The molecule has 0 fully saturated rings. The van der Waals surface area contributed by atoms with Crippen LogP contribution in [0.4, 0.5) is 4.79 Å². The molecule has 0 spiro atoms. The molecule has 1 heterocycles. The highest BCUT2D eigenvalue weighted by molar-refractivity contribution is 6.00. The number of ether oxygens (including phenoxy) is 1. The largest absolute Gasteiger partial charge is 0.484 e. The summed E-state index contributed by atoms with van der Waals surface area (Å²) in [7, 11) is 0. The number of benzene rings is 1. The van der Waals surface area contributed by atoms with Gasteiger partial charge < -0.3 is 10.1 Å². The lowest BCUT2D eigenvalue weighted by Crippen LogP contribution is -2.41. The van der Waals surface area contributed by atoms with Gasteiger partial charge in [-0.2, -0.15) is 0 Å². The molecule has 0 atom stereocenters. The number of carbonyl (C=O) groups excluding carboxylic acids is 3. The van der Waals surface area contributed by atoms with Crippen LogP contribution in [0, 0.1) is 13.8 Å². The highest BCUT2D eigenvalue weighted by atomic mass is 16.5. The Labute approximate surface area is 157 Å². The average Bonchev–Trinajstić information content (AvgIpc) is 2.97. The summed E-state index contributed by atoms with van der Waals surface area (Å²) in [6, 6.07) is 9.67. The number of hydrogen-bond acceptors (Lipinski definition) is 4. The Morgan fingerprint density at radius 3 is 2.22 bits per heavy atom. The van der Waals surface area contributed by atoms with Crippen molar-refractivity contribution < 1.29 is 19.1 Å². The van der Waals surface area contributed by atoms with E-state index in [4.69, 9.17) is 4.74 Å². The second kappa shape index (κ2) is 9.42. The van der Waals surface area contributed by atoms with Crippen molar-refractivity contribution in [1.82, 2.24) is 15.3 Å². The summed E-state index contributed by atoms with van der Waals surface area (Å²) in [5.41, 5.74) is 5.12. The smallest absolute Gasteiger partial charge is 0.321 e. The van der Waals surface area contributed by atoms with Gasteiger partial charge in [-0.15, -0.1) is 0 Å². The Morgan fingerprint density at radius 1 is 1.00 bits per heavy atom. The molecule has 2 aromatic rings. The fourth-order valence-electron chi connectivity index (χ4n) is 2.31. The molecular formula is C19H24N4O4. The third-order valence-corrected chi connectivity index (χ3v) is 3.76. The lowest BCUT2D eigenvalue weighted by atomic mass is 10.2. The van der Waals surface area contributed by atoms with Crippen molar-refractivity contribution >= 4 is 17.8 Å². The van der Waals surface area contributed by atoms with Crippen LogP contribution in [0.2, 0.25) is 0 Å². The van der Waals surface area contributed by atoms with Crippen molar-refractivity contribution in [2.45, 2.75) is 27.2 Å². The Kier molecular flexibility index (Phi) is 6.99. The van der Waals surface area contributed by atoms with Gasteiger partial charge in [0.05, 0.1) is 0 Å². The minimum absolute atomic E-state index is 0.255. The molecule has 0 aliphatic rings. The predicted molar refractivity (Wildman–Crippen MR) is 101 cm³/mol. The Hall–Kier alpha value is -3.29. The molecule has 1 aromatic carbocycles. The molecule has 8 heteroatoms. The number of urea groups is 1. The van der Waals surface area contributed by atoms with Crippen LogP contribution in [0.5, 0.6) is 5.75 Å². The predicted octanol–water partition coefficient (Wildman–Crippen LogP) is 2.10. The van der Waals surface area contributed by atoms with Crippen LogP contribution in [0.15, 0.2) is 36.4 Å². The average molecular weight is 372 g/mol. The van der Waals surface area contributed by atoms with Crippen LogP contribution in [0.3, 0.4) is 0 Å². The lowest BCUT2D eigenvalue weighted by Gasteiger charge is -2.12. The van der Waals surface area contributed by atoms with Gasteiger partial charge in [0.2, 0.25) is 0 Å². The zero-order valence-electron chi connectivity index (χ0n) is 15.7. The first-order valence-corrected chi connectivity index (χ1v) is 8.67. The lowest BCUT2D eigenvalue weighted by molar-refractivity contribution is -0.122. The van der Waals surface area contributed by atoms with Crippen LogP contribution >= 0.6 is 0 Å². The van der Waals surface area contributed by atoms with Crippen molar-refractivity contribution in [1.29, 1.82) is 0 Å². The molecule has 0 saturated heterocycles. The Morgan fingerprint density at radius 2 is 1.63 bits per heavy atom. The number of hydrogen-bond donors (Lipinski definition) is 3. The van der Waals surface area contributed by atoms with Gasteiger partial charge in [0, 0.05) is 23.5 Å². The van der Waals surface area contributed by atoms with Crippen LogP contribution < -0.4 is 20.8 Å². The zero-order valence-corrected chi connectivity index (χ0v) is 15.7. The van der Waals surface area contributed by atoms with E-state index in [1.807, 2.05) is 32.9 Å². The highest BCUT2D eigenvalue weighted by Crippen LogP contribution is 2.13. The summed E-state index contributed by atoms with van der Waals surface area (Å²) >= 11 is 0. The molecule has 4 amide bonds. The van der Waals surface area contributed by atoms with Crippen LogP contribution in [0.25, 0.3) is 0 Å². The first-order chi connectivity index (χ1) is 12.9. The van der Waals surface area contributed by atoms with Crippen molar-refractivity contribution in [3.05, 3.63) is 53.3 Å². The molecule has 2 rings (SSSR count). The van der Waals surface area contributed by atoms with Crippen LogP contribution in [-0.4, -0.2) is 35.7 Å². The van der Waals surface area contributed by atoms with E-state index in [1.54, 1.807) is 28.9 Å². The van der Waals surface area contributed by atoms with Gasteiger partial charge in [0.1, 0.15) is 5.75 Å². The minimum Gasteiger partial charge on any atom is -0.484 e. The molecule has 1 aromatic heterocycles. The van der Waals surface area contributed by atoms with Crippen molar-refractivity contribution in [3.63, 3.8) is 0 Å². The minimum atomic E-state index is -0.552. The Bertz CT molecular complexity index is 792. The normalized spacial score (nSPS) is 10.2. The van der Waals surface area contributed by atoms with Crippen molar-refractivity contribution in [2.24, 2.45) is 0 Å². The zero-order chi connectivity index (χ0) is 19.8. The summed E-state index contributed by atoms with van der Waals surface area (Å²) < 4.78 is 7.03. The summed E-state index contributed by atoms with van der Waals surface area (Å²) in [6.07, 6.45) is 0.779. The number of carbonyl (C=O) groups is 3. The topological polar surface area (TPSA) is 101 Å². The quantitative estimate of drug-likeness (QED) is 0.693. The monoisotopic (exact) mass is 372 g/mol. The summed E-state index contributed by atoms with van der Waals surface area (Å²) in [6.45, 7) is 5.91. The summed E-state index contributed by atoms with van der Waals surface area (Å²) in [5.74, 6) is -0.387. The molecule has 144 valence electrons. The van der Waals surface area contributed by atoms with Gasteiger partial charge in [-0.05, 0) is 56.7 Å². The van der Waals surface area contributed by atoms with Gasteiger partial charge in [0.25, 0.3) is 11.8 Å². The third-order valence-electron chi connectivity index (χ3n) is 3.76. The summed E-state index contributed by atoms with van der Waals surface area (Å²) in [5, 5.41) is 4.70. The second-order valence-corrected chi connectivity index (χ2v) is 6.01. The van der Waals surface area contributed by atoms with Gasteiger partial charge in [-0.25, -0.2) is 4.79 Å². The molecule has 8 nitrogen and oxygen atoms in total. The van der Waals surface area contributed by atoms with E-state index in [9.17, 15) is 14.4 Å². The van der Waals surface area contributed by atoms with E-state index >= 15 is 0 Å². The van der Waals surface area contributed by atoms with Gasteiger partial charge in [-0.3, -0.25) is 25.0 Å². The molecule has 0 unspecified atom stereocenters. The number of rotatable bonds is 7. The van der Waals surface area contributed by atoms with Gasteiger partial charge >= 0.3 is 6.03 Å². The maximum absolute atomic E-state index is 12.3. The van der Waals surface area contributed by atoms with Crippen molar-refractivity contribution in [3.8, 4) is 5.75 Å². The number of aromatic nitrogens is 1. The molecule has 0 radical (unpaired) electrons. The molecule has 3 N–H and O–H groups in total. The van der Waals surface area contributed by atoms with E-state index in [1.165, 1.54) is 0 Å². The number of aryl methyl sites for hydroxylation is 2. The van der Waals surface area contributed by atoms with Crippen LogP contribution in [-0.2, 0) is 4.79 Å². The van der Waals surface area contributed by atoms with Crippen LogP contribution in [0.1, 0.15) is 35.1 Å². The molecule has 0 bridgehead atoms. The maximum atomic E-state index is 12.3. The maximum Gasteiger partial charge on any atom is 0.321 e. The van der Waals surface area contributed by atoms with E-state index < -0.39 is 11.9 Å². The van der Waals surface area contributed by atoms with E-state index in [0.717, 1.165) is 17.8 Å². The van der Waals surface area contributed by atoms with Crippen molar-refractivity contribution in [2.75, 3.05) is 18.6 Å². The molecule has 27 heavy (non-hydrogen) atoms. The first-order valence-electron chi connectivity index (χ1n) is 8.67. The molecule has 0 aliphatic carbocycles. The van der Waals surface area contributed by atoms with Gasteiger partial charge in [-0.1, -0.05) is 6.92 Å². The number of imide groups is 1. The van der Waals surface area contributed by atoms with E-state index in [-0.39, 0.29) is 12.5 Å². The number of nitrogens with zero attached hydrogens (tertiary/aromatic N) is 1. The van der Waals surface area contributed by atoms with E-state index in [0.29, 0.717) is 17.9 Å². The first kappa shape index (κ1) is 20.0. The highest BCUT2D eigenvalue weighted by Gasteiger charge is 2.10. The Balaban J connectivity index is 1.85. The fourth-order valence-corrected chi connectivity index (χ4v) is 2.31. The molecule has 0 saturated carbocycles. The third kappa shape index (κ3) is 5.88. The molecule has 0 aliphatic heterocycles. The SMILES string of the molecule is CCCNC(=O)NC(=O)COc1ccc(C(=O)Nn2c(C)ccc2C)cc1. The summed E-state index contributed by atoms with van der Waals surface area (Å²) in [4.78, 5) is 35.3. The van der Waals surface area contributed by atoms with E-state index in [2.05, 4.69) is 16.1 Å². The fraction of sp³-hybridized carbons (Fsp3) is 0.316. The number of amides is 4. The standard InChI is InChI=1S/C19H24N4O4/c1-4-11-20-19(26)21-17(24)12-27-16-9-7-15(8-10-16)18(25)22-23-13(2)5-6-14(23)3/h5-10H,4,11-12H2,1-3H3,(H,22,25)(H2,20,21,24,26). The number of nitrogens with one attached hydrogen (secondary N) is 3. The van der Waals surface area contributed by atoms with Gasteiger partial charge in [0.15, 0.2) is 6.61 Å².